The minimum atomic E-state index is -0.170. The molecule has 1 amide bonds. The molecule has 0 saturated heterocycles. The lowest BCUT2D eigenvalue weighted by atomic mass is 10.0. The molecule has 2 rings (SSSR count). The van der Waals surface area contributed by atoms with E-state index in [9.17, 15) is 4.79 Å². The molecule has 2 N–H and O–H groups in total. The summed E-state index contributed by atoms with van der Waals surface area (Å²) < 4.78 is 0.782. The lowest BCUT2D eigenvalue weighted by Gasteiger charge is -2.24. The van der Waals surface area contributed by atoms with Crippen LogP contribution in [0, 0.1) is 6.92 Å². The summed E-state index contributed by atoms with van der Waals surface area (Å²) in [5.41, 5.74) is 2.02. The molecule has 1 heterocycles. The van der Waals surface area contributed by atoms with E-state index in [0.29, 0.717) is 5.75 Å². The first-order valence-corrected chi connectivity index (χ1v) is 9.29. The predicted molar refractivity (Wildman–Crippen MR) is 97.6 cm³/mol. The second kappa shape index (κ2) is 7.79. The van der Waals surface area contributed by atoms with Gasteiger partial charge in [-0.15, -0.1) is 10.2 Å². The maximum atomic E-state index is 11.9. The molecule has 2 aromatic rings. The van der Waals surface area contributed by atoms with E-state index < -0.39 is 0 Å². The van der Waals surface area contributed by atoms with Crippen LogP contribution in [-0.4, -0.2) is 27.4 Å². The Labute approximate surface area is 145 Å². The summed E-state index contributed by atoms with van der Waals surface area (Å²) in [5.74, 6) is 0.368. The molecule has 23 heavy (non-hydrogen) atoms. The summed E-state index contributed by atoms with van der Waals surface area (Å²) in [6.45, 7) is 8.14. The molecule has 0 fully saturated rings. The van der Waals surface area contributed by atoms with Crippen LogP contribution in [0.15, 0.2) is 28.6 Å². The maximum Gasteiger partial charge on any atom is 0.230 e. The molecule has 0 atom stereocenters. The summed E-state index contributed by atoms with van der Waals surface area (Å²) >= 11 is 2.85. The van der Waals surface area contributed by atoms with Crippen molar-refractivity contribution in [2.45, 2.75) is 44.0 Å². The summed E-state index contributed by atoms with van der Waals surface area (Å²) in [7, 11) is 0. The maximum absolute atomic E-state index is 11.9. The minimum absolute atomic E-state index is 0.0186. The van der Waals surface area contributed by atoms with Crippen LogP contribution in [0.25, 0.3) is 0 Å². The number of nitrogens with one attached hydrogen (secondary N) is 2. The highest BCUT2D eigenvalue weighted by Gasteiger charge is 2.18. The molecule has 5 nitrogen and oxygen atoms in total. The van der Waals surface area contributed by atoms with Gasteiger partial charge in [-0.25, -0.2) is 0 Å². The average Bonchev–Trinajstić information content (AvgIpc) is 2.95. The van der Waals surface area contributed by atoms with Gasteiger partial charge in [0.2, 0.25) is 11.0 Å². The lowest BCUT2D eigenvalue weighted by molar-refractivity contribution is -0.120. The fourth-order valence-corrected chi connectivity index (χ4v) is 3.28. The van der Waals surface area contributed by atoms with E-state index in [-0.39, 0.29) is 11.4 Å². The minimum Gasteiger partial charge on any atom is -0.351 e. The number of benzene rings is 1. The molecule has 0 aliphatic heterocycles. The largest absolute Gasteiger partial charge is 0.351 e. The van der Waals surface area contributed by atoms with Crippen LogP contribution < -0.4 is 10.6 Å². The Morgan fingerprint density at radius 2 is 1.96 bits per heavy atom. The average molecular weight is 351 g/mol. The zero-order valence-electron chi connectivity index (χ0n) is 13.8. The van der Waals surface area contributed by atoms with Crippen LogP contribution in [0.5, 0.6) is 0 Å². The van der Waals surface area contributed by atoms with Gasteiger partial charge in [-0.2, -0.15) is 0 Å². The fraction of sp³-hybridized carbons (Fsp3) is 0.438. The summed E-state index contributed by atoms with van der Waals surface area (Å²) in [6.07, 6.45) is 0.896. The number of rotatable bonds is 7. The van der Waals surface area contributed by atoms with E-state index in [1.165, 1.54) is 28.7 Å². The predicted octanol–water partition coefficient (Wildman–Crippen LogP) is 3.99. The third-order valence-electron chi connectivity index (χ3n) is 3.40. The van der Waals surface area contributed by atoms with Crippen LogP contribution in [0.1, 0.15) is 32.8 Å². The highest BCUT2D eigenvalue weighted by Crippen LogP contribution is 2.27. The number of amides is 1. The zero-order valence-corrected chi connectivity index (χ0v) is 15.5. The van der Waals surface area contributed by atoms with Crippen molar-refractivity contribution in [3.05, 3.63) is 29.8 Å². The molecule has 0 saturated carbocycles. The fourth-order valence-electron chi connectivity index (χ4n) is 1.71. The van der Waals surface area contributed by atoms with Crippen molar-refractivity contribution < 1.29 is 4.79 Å². The third kappa shape index (κ3) is 5.84. The Morgan fingerprint density at radius 1 is 1.26 bits per heavy atom. The number of carbonyl (C=O) groups is 1. The summed E-state index contributed by atoms with van der Waals surface area (Å²) in [6, 6.07) is 8.09. The molecule has 124 valence electrons. The zero-order chi connectivity index (χ0) is 16.9. The van der Waals surface area contributed by atoms with E-state index >= 15 is 0 Å². The standard InChI is InChI=1S/C16H22N4OS2/c1-5-16(3,4)18-13(21)10-22-15-20-19-14(23-15)17-12-8-6-11(2)7-9-12/h6-9H,5,10H2,1-4H3,(H,17,19)(H,18,21). The quantitative estimate of drug-likeness (QED) is 0.739. The number of aromatic nitrogens is 2. The van der Waals surface area contributed by atoms with Gasteiger partial charge in [0.25, 0.3) is 0 Å². The van der Waals surface area contributed by atoms with Crippen molar-refractivity contribution >= 4 is 39.8 Å². The number of hydrogen-bond acceptors (Lipinski definition) is 6. The Balaban J connectivity index is 1.85. The highest BCUT2D eigenvalue weighted by molar-refractivity contribution is 8.01. The molecular formula is C16H22N4OS2. The topological polar surface area (TPSA) is 66.9 Å². The molecule has 1 aromatic carbocycles. The van der Waals surface area contributed by atoms with Gasteiger partial charge in [0.1, 0.15) is 0 Å². The van der Waals surface area contributed by atoms with Crippen LogP contribution >= 0.6 is 23.1 Å². The van der Waals surface area contributed by atoms with Crippen molar-refractivity contribution in [2.75, 3.05) is 11.1 Å². The Kier molecular flexibility index (Phi) is 6.01. The number of carbonyl (C=O) groups excluding carboxylic acids is 1. The van der Waals surface area contributed by atoms with Gasteiger partial charge in [-0.3, -0.25) is 4.79 Å². The van der Waals surface area contributed by atoms with Crippen molar-refractivity contribution in [1.82, 2.24) is 15.5 Å². The number of anilines is 2. The molecule has 0 bridgehead atoms. The first-order valence-electron chi connectivity index (χ1n) is 7.49. The molecule has 0 aliphatic rings. The number of hydrogen-bond donors (Lipinski definition) is 2. The van der Waals surface area contributed by atoms with Crippen molar-refractivity contribution in [3.8, 4) is 0 Å². The van der Waals surface area contributed by atoms with Crippen molar-refractivity contribution in [2.24, 2.45) is 0 Å². The van der Waals surface area contributed by atoms with Gasteiger partial charge in [0.15, 0.2) is 4.34 Å². The van der Waals surface area contributed by atoms with Crippen LogP contribution in [-0.2, 0) is 4.79 Å². The molecule has 0 radical (unpaired) electrons. The Morgan fingerprint density at radius 3 is 2.61 bits per heavy atom. The molecule has 0 unspecified atom stereocenters. The number of thioether (sulfide) groups is 1. The summed E-state index contributed by atoms with van der Waals surface area (Å²) in [4.78, 5) is 11.9. The lowest BCUT2D eigenvalue weighted by Crippen LogP contribution is -2.43. The van der Waals surface area contributed by atoms with Crippen LogP contribution in [0.2, 0.25) is 0 Å². The SMILES string of the molecule is CCC(C)(C)NC(=O)CSc1nnc(Nc2ccc(C)cc2)s1. The third-order valence-corrected chi connectivity index (χ3v) is 5.37. The number of nitrogens with zero attached hydrogens (tertiary/aromatic N) is 2. The van der Waals surface area contributed by atoms with E-state index in [0.717, 1.165) is 21.6 Å². The normalized spacial score (nSPS) is 11.3. The van der Waals surface area contributed by atoms with Crippen molar-refractivity contribution in [3.63, 3.8) is 0 Å². The highest BCUT2D eigenvalue weighted by atomic mass is 32.2. The van der Waals surface area contributed by atoms with Gasteiger partial charge < -0.3 is 10.6 Å². The molecule has 0 spiro atoms. The number of aryl methyl sites for hydroxylation is 1. The molecule has 1 aromatic heterocycles. The van der Waals surface area contributed by atoms with E-state index in [4.69, 9.17) is 0 Å². The van der Waals surface area contributed by atoms with Gasteiger partial charge in [-0.05, 0) is 39.3 Å². The first-order chi connectivity index (χ1) is 10.9. The van der Waals surface area contributed by atoms with Crippen LogP contribution in [0.3, 0.4) is 0 Å². The molecular weight excluding hydrogens is 328 g/mol. The van der Waals surface area contributed by atoms with Crippen LogP contribution in [0.4, 0.5) is 10.8 Å². The van der Waals surface area contributed by atoms with E-state index in [1.807, 2.05) is 45.0 Å². The first kappa shape index (κ1) is 17.7. The van der Waals surface area contributed by atoms with E-state index in [2.05, 4.69) is 27.8 Å². The van der Waals surface area contributed by atoms with E-state index in [1.54, 1.807) is 0 Å². The van der Waals surface area contributed by atoms with Gasteiger partial charge in [0, 0.05) is 11.2 Å². The van der Waals surface area contributed by atoms with Gasteiger partial charge in [0.05, 0.1) is 5.75 Å². The Hall–Kier alpha value is -1.60. The summed E-state index contributed by atoms with van der Waals surface area (Å²) in [5, 5.41) is 15.2. The van der Waals surface area contributed by atoms with Gasteiger partial charge >= 0.3 is 0 Å². The molecule has 7 heteroatoms. The second-order valence-electron chi connectivity index (χ2n) is 5.94. The molecule has 0 aliphatic carbocycles. The Bertz CT molecular complexity index is 652. The smallest absolute Gasteiger partial charge is 0.230 e. The second-order valence-corrected chi connectivity index (χ2v) is 8.14. The van der Waals surface area contributed by atoms with Crippen molar-refractivity contribution in [1.29, 1.82) is 0 Å². The van der Waals surface area contributed by atoms with Gasteiger partial charge in [-0.1, -0.05) is 47.7 Å². The monoisotopic (exact) mass is 350 g/mol.